The molecule has 0 aromatic heterocycles. The molecule has 0 unspecified atom stereocenters. The van der Waals surface area contributed by atoms with Gasteiger partial charge in [-0.3, -0.25) is 9.59 Å². The van der Waals surface area contributed by atoms with Crippen molar-refractivity contribution < 1.29 is 14.3 Å². The minimum Gasteiger partial charge on any atom is -0.489 e. The summed E-state index contributed by atoms with van der Waals surface area (Å²) in [4.78, 5) is 21.5. The van der Waals surface area contributed by atoms with Gasteiger partial charge in [-0.2, -0.15) is 0 Å². The van der Waals surface area contributed by atoms with Gasteiger partial charge in [-0.25, -0.2) is 0 Å². The molecule has 2 atom stereocenters. The van der Waals surface area contributed by atoms with Crippen LogP contribution in [-0.4, -0.2) is 24.0 Å². The third-order valence-corrected chi connectivity index (χ3v) is 3.94. The van der Waals surface area contributed by atoms with Gasteiger partial charge in [0.1, 0.15) is 11.9 Å². The number of hydrogen-bond donors (Lipinski definition) is 3. The molecule has 0 radical (unpaired) electrons. The molecule has 0 bridgehead atoms. The van der Waals surface area contributed by atoms with E-state index in [0.717, 1.165) is 31.4 Å². The van der Waals surface area contributed by atoms with Crippen LogP contribution in [0.3, 0.4) is 0 Å². The van der Waals surface area contributed by atoms with Gasteiger partial charge in [0.15, 0.2) is 0 Å². The van der Waals surface area contributed by atoms with Crippen molar-refractivity contribution in [3.63, 3.8) is 0 Å². The van der Waals surface area contributed by atoms with Gasteiger partial charge in [-0.15, -0.1) is 0 Å². The van der Waals surface area contributed by atoms with Crippen LogP contribution < -0.4 is 21.9 Å². The Morgan fingerprint density at radius 1 is 1.08 bits per heavy atom. The molecule has 6 heteroatoms. The quantitative estimate of drug-likeness (QED) is 0.503. The topological polar surface area (TPSA) is 121 Å². The summed E-state index contributed by atoms with van der Waals surface area (Å²) < 4.78 is 5.87. The molecule has 0 aliphatic rings. The molecule has 24 heavy (non-hydrogen) atoms. The van der Waals surface area contributed by atoms with Crippen LogP contribution in [0.4, 0.5) is 0 Å². The summed E-state index contributed by atoms with van der Waals surface area (Å²) in [5.41, 5.74) is 17.5. The number of benzene rings is 1. The highest BCUT2D eigenvalue weighted by atomic mass is 16.5. The largest absolute Gasteiger partial charge is 0.489 e. The molecule has 0 saturated carbocycles. The Morgan fingerprint density at radius 2 is 1.79 bits per heavy atom. The fourth-order valence-electron chi connectivity index (χ4n) is 2.43. The van der Waals surface area contributed by atoms with Crippen LogP contribution in [0, 0.1) is 0 Å². The van der Waals surface area contributed by atoms with Crippen LogP contribution in [0.1, 0.15) is 51.0 Å². The molecule has 134 valence electrons. The first-order chi connectivity index (χ1) is 11.4. The lowest BCUT2D eigenvalue weighted by Gasteiger charge is -2.21. The van der Waals surface area contributed by atoms with Gasteiger partial charge in [0, 0.05) is 18.9 Å². The molecular weight excluding hydrogens is 306 g/mol. The molecule has 6 N–H and O–H groups in total. The van der Waals surface area contributed by atoms with Crippen LogP contribution in [-0.2, 0) is 16.0 Å². The summed E-state index contributed by atoms with van der Waals surface area (Å²) in [6.45, 7) is 1.89. The van der Waals surface area contributed by atoms with Crippen molar-refractivity contribution in [2.45, 2.75) is 64.0 Å². The first-order valence-electron chi connectivity index (χ1n) is 8.46. The lowest BCUT2D eigenvalue weighted by molar-refractivity contribution is -0.119. The fourth-order valence-corrected chi connectivity index (χ4v) is 2.43. The fraction of sp³-hybridized carbons (Fsp3) is 0.556. The number of amides is 2. The number of primary amides is 2. The normalized spacial score (nSPS) is 13.2. The van der Waals surface area contributed by atoms with Crippen LogP contribution in [0.5, 0.6) is 5.75 Å². The average molecular weight is 335 g/mol. The highest BCUT2D eigenvalue weighted by Gasteiger charge is 2.15. The van der Waals surface area contributed by atoms with Gasteiger partial charge in [0.2, 0.25) is 11.8 Å². The van der Waals surface area contributed by atoms with E-state index in [1.807, 2.05) is 25.1 Å². The third kappa shape index (κ3) is 8.53. The number of hydrogen-bond acceptors (Lipinski definition) is 4. The average Bonchev–Trinajstić information content (AvgIpc) is 2.52. The molecule has 0 saturated heterocycles. The summed E-state index contributed by atoms with van der Waals surface area (Å²) in [5, 5.41) is 0. The maximum Gasteiger partial charge on any atom is 0.217 e. The minimum atomic E-state index is -0.351. The zero-order valence-corrected chi connectivity index (χ0v) is 14.4. The summed E-state index contributed by atoms with van der Waals surface area (Å²) in [5.74, 6) is 0.176. The number of nitrogens with two attached hydrogens (primary N) is 3. The Hall–Kier alpha value is -2.08. The first kappa shape index (κ1) is 20.0. The van der Waals surface area contributed by atoms with E-state index in [1.165, 1.54) is 5.56 Å². The third-order valence-electron chi connectivity index (χ3n) is 3.94. The van der Waals surface area contributed by atoms with Crippen molar-refractivity contribution in [2.75, 3.05) is 0 Å². The minimum absolute atomic E-state index is 0.199. The molecule has 1 aromatic rings. The molecule has 1 rings (SSSR count). The number of ether oxygens (including phenoxy) is 1. The summed E-state index contributed by atoms with van der Waals surface area (Å²) in [7, 11) is 0. The molecule has 2 amide bonds. The van der Waals surface area contributed by atoms with E-state index in [2.05, 4.69) is 6.07 Å². The molecule has 1 aromatic carbocycles. The maximum atomic E-state index is 10.8. The Bertz CT molecular complexity index is 534. The van der Waals surface area contributed by atoms with Gasteiger partial charge < -0.3 is 21.9 Å². The van der Waals surface area contributed by atoms with E-state index in [0.29, 0.717) is 12.8 Å². The zero-order chi connectivity index (χ0) is 17.9. The highest BCUT2D eigenvalue weighted by Crippen LogP contribution is 2.18. The first-order valence-corrected chi connectivity index (χ1v) is 8.46. The highest BCUT2D eigenvalue weighted by molar-refractivity contribution is 5.73. The van der Waals surface area contributed by atoms with E-state index >= 15 is 0 Å². The summed E-state index contributed by atoms with van der Waals surface area (Å²) in [6.07, 6.45) is 4.76. The van der Waals surface area contributed by atoms with Gasteiger partial charge in [-0.1, -0.05) is 18.6 Å². The lowest BCUT2D eigenvalue weighted by atomic mass is 10.1. The smallest absolute Gasteiger partial charge is 0.217 e. The number of unbranched alkanes of at least 4 members (excludes halogenated alkanes) is 2. The lowest BCUT2D eigenvalue weighted by Crippen LogP contribution is -2.37. The molecule has 0 spiro atoms. The van der Waals surface area contributed by atoms with Crippen LogP contribution in [0.2, 0.25) is 0 Å². The van der Waals surface area contributed by atoms with Gasteiger partial charge in [0.05, 0.1) is 0 Å². The van der Waals surface area contributed by atoms with Crippen molar-refractivity contribution >= 4 is 11.8 Å². The Kier molecular flexibility index (Phi) is 8.86. The predicted octanol–water partition coefficient (Wildman–Crippen LogP) is 1.63. The summed E-state index contributed by atoms with van der Waals surface area (Å²) in [6, 6.07) is 7.67. The van der Waals surface area contributed by atoms with Crippen molar-refractivity contribution in [1.29, 1.82) is 0 Å². The number of carbonyl (C=O) groups excluding carboxylic acids is 2. The molecular formula is C18H29N3O3. The van der Waals surface area contributed by atoms with Crippen LogP contribution in [0.15, 0.2) is 24.3 Å². The molecule has 0 aliphatic heterocycles. The van der Waals surface area contributed by atoms with Gasteiger partial charge >= 0.3 is 0 Å². The SMILES string of the molecule is C[C@@H](Oc1cccc(CCCCCC(N)=O)c1)[C@@H](N)CCC(N)=O. The number of carbonyl (C=O) groups is 2. The molecule has 0 fully saturated rings. The second-order valence-electron chi connectivity index (χ2n) is 6.17. The zero-order valence-electron chi connectivity index (χ0n) is 14.4. The molecule has 0 heterocycles. The van der Waals surface area contributed by atoms with E-state index in [1.54, 1.807) is 0 Å². The van der Waals surface area contributed by atoms with Crippen LogP contribution in [0.25, 0.3) is 0 Å². The second kappa shape index (κ2) is 10.6. The number of rotatable bonds is 12. The van der Waals surface area contributed by atoms with E-state index < -0.39 is 0 Å². The monoisotopic (exact) mass is 335 g/mol. The van der Waals surface area contributed by atoms with Crippen molar-refractivity contribution in [3.05, 3.63) is 29.8 Å². The van der Waals surface area contributed by atoms with Crippen molar-refractivity contribution in [3.8, 4) is 5.75 Å². The van der Waals surface area contributed by atoms with Gasteiger partial charge in [0.25, 0.3) is 0 Å². The maximum absolute atomic E-state index is 10.8. The van der Waals surface area contributed by atoms with E-state index in [9.17, 15) is 9.59 Å². The second-order valence-corrected chi connectivity index (χ2v) is 6.17. The standard InChI is InChI=1S/C18H29N3O3/c1-13(16(19)10-11-18(21)23)24-15-8-5-7-14(12-15)6-3-2-4-9-17(20)22/h5,7-8,12-13,16H,2-4,6,9-11,19H2,1H3,(H2,20,22)(H2,21,23)/t13-,16+/m1/s1. The van der Waals surface area contributed by atoms with Gasteiger partial charge in [-0.05, 0) is 50.3 Å². The number of aryl methyl sites for hydroxylation is 1. The van der Waals surface area contributed by atoms with E-state index in [-0.39, 0.29) is 30.4 Å². The molecule has 6 nitrogen and oxygen atoms in total. The Balaban J connectivity index is 2.41. The van der Waals surface area contributed by atoms with Crippen molar-refractivity contribution in [1.82, 2.24) is 0 Å². The van der Waals surface area contributed by atoms with Crippen molar-refractivity contribution in [2.24, 2.45) is 17.2 Å². The Morgan fingerprint density at radius 3 is 2.46 bits per heavy atom. The van der Waals surface area contributed by atoms with E-state index in [4.69, 9.17) is 21.9 Å². The van der Waals surface area contributed by atoms with Crippen LogP contribution >= 0.6 is 0 Å². The summed E-state index contributed by atoms with van der Waals surface area (Å²) >= 11 is 0. The molecule has 0 aliphatic carbocycles. The Labute approximate surface area is 143 Å². The predicted molar refractivity (Wildman–Crippen MR) is 94.3 cm³/mol.